The third-order valence-corrected chi connectivity index (χ3v) is 9.12. The standard InChI is InChI=1S/C17H22N6O2.C17H24N6O2/c1-2-25-17-20-9-10-3-4-12-14(16(18)24)22-23(15(12)13(10)21-17)11-5-7-19-8-6-11;1-4-25-17-19-10-11-6-7-12-14(16(18)24)21-23(9-5-8-22(2)3)15(12)13(11)20-17/h9,11,19H,2-8H2,1H3,(H2,18,24);10H,4-9H2,1-3H3,(H2,18,24). The lowest BCUT2D eigenvalue weighted by atomic mass is 9.92. The van der Waals surface area contributed by atoms with E-state index in [9.17, 15) is 9.59 Å². The molecule has 16 nitrogen and oxygen atoms in total. The highest BCUT2D eigenvalue weighted by atomic mass is 16.5. The minimum absolute atomic E-state index is 0.236. The summed E-state index contributed by atoms with van der Waals surface area (Å²) in [6, 6.07) is 0.933. The topological polar surface area (TPSA) is 207 Å². The number of piperidine rings is 1. The lowest BCUT2D eigenvalue weighted by Gasteiger charge is -2.26. The first kappa shape index (κ1) is 34.9. The minimum atomic E-state index is -0.495. The Morgan fingerprint density at radius 2 is 1.38 bits per heavy atom. The molecule has 1 aliphatic heterocycles. The zero-order valence-electron chi connectivity index (χ0n) is 29.2. The van der Waals surface area contributed by atoms with Gasteiger partial charge in [0.15, 0.2) is 11.4 Å². The van der Waals surface area contributed by atoms with Crippen LogP contribution in [0.2, 0.25) is 0 Å². The van der Waals surface area contributed by atoms with Crippen molar-refractivity contribution < 1.29 is 19.1 Å². The van der Waals surface area contributed by atoms with Crippen molar-refractivity contribution in [1.82, 2.24) is 49.7 Å². The van der Waals surface area contributed by atoms with Crippen LogP contribution in [0.1, 0.15) is 82.4 Å². The Bertz CT molecular complexity index is 1860. The van der Waals surface area contributed by atoms with E-state index in [0.717, 1.165) is 103 Å². The van der Waals surface area contributed by atoms with E-state index in [4.69, 9.17) is 20.9 Å². The Labute approximate surface area is 291 Å². The van der Waals surface area contributed by atoms with Crippen LogP contribution in [0.5, 0.6) is 12.0 Å². The molecule has 7 rings (SSSR count). The molecule has 0 saturated carbocycles. The lowest BCUT2D eigenvalue weighted by molar-refractivity contribution is 0.0985. The van der Waals surface area contributed by atoms with Crippen molar-refractivity contribution in [3.05, 3.63) is 46.0 Å². The number of fused-ring (bicyclic) bond motifs is 6. The van der Waals surface area contributed by atoms with Crippen LogP contribution in [0.3, 0.4) is 0 Å². The molecule has 0 atom stereocenters. The van der Waals surface area contributed by atoms with Crippen LogP contribution in [0.15, 0.2) is 12.4 Å². The number of carbonyl (C=O) groups is 2. The highest BCUT2D eigenvalue weighted by molar-refractivity contribution is 5.95. The molecule has 0 aromatic carbocycles. The summed E-state index contributed by atoms with van der Waals surface area (Å²) in [5.74, 6) is -0.975. The Hall–Kier alpha value is -4.96. The van der Waals surface area contributed by atoms with Crippen LogP contribution in [0.25, 0.3) is 22.8 Å². The molecule has 0 unspecified atom stereocenters. The summed E-state index contributed by atoms with van der Waals surface area (Å²) in [5, 5.41) is 12.4. The second-order valence-electron chi connectivity index (χ2n) is 12.8. The van der Waals surface area contributed by atoms with E-state index in [1.165, 1.54) is 0 Å². The number of nitrogens with zero attached hydrogens (tertiary/aromatic N) is 9. The number of amides is 2. The molecule has 2 amide bonds. The predicted octanol–water partition coefficient (Wildman–Crippen LogP) is 1.75. The fraction of sp³-hybridized carbons (Fsp3) is 0.529. The highest BCUT2D eigenvalue weighted by Crippen LogP contribution is 2.38. The van der Waals surface area contributed by atoms with Gasteiger partial charge in [-0.05, 0) is 104 Å². The Morgan fingerprint density at radius 1 is 0.840 bits per heavy atom. The molecule has 5 N–H and O–H groups in total. The van der Waals surface area contributed by atoms with Crippen molar-refractivity contribution in [2.24, 2.45) is 11.5 Å². The van der Waals surface area contributed by atoms with Gasteiger partial charge < -0.3 is 31.2 Å². The Morgan fingerprint density at radius 3 is 1.92 bits per heavy atom. The van der Waals surface area contributed by atoms with Crippen LogP contribution >= 0.6 is 0 Å². The van der Waals surface area contributed by atoms with Crippen molar-refractivity contribution in [3.63, 3.8) is 0 Å². The van der Waals surface area contributed by atoms with Crippen LogP contribution in [-0.4, -0.2) is 103 Å². The number of aryl methyl sites for hydroxylation is 3. The Balaban J connectivity index is 0.000000173. The fourth-order valence-corrected chi connectivity index (χ4v) is 6.84. The molecule has 5 heterocycles. The summed E-state index contributed by atoms with van der Waals surface area (Å²) in [6.45, 7) is 8.30. The van der Waals surface area contributed by atoms with Gasteiger partial charge in [0.1, 0.15) is 0 Å². The maximum absolute atomic E-state index is 11.9. The van der Waals surface area contributed by atoms with Gasteiger partial charge in [-0.15, -0.1) is 0 Å². The van der Waals surface area contributed by atoms with Crippen molar-refractivity contribution in [2.75, 3.05) is 46.9 Å². The van der Waals surface area contributed by atoms with Crippen molar-refractivity contribution in [3.8, 4) is 34.8 Å². The van der Waals surface area contributed by atoms with Crippen LogP contribution < -0.4 is 26.3 Å². The van der Waals surface area contributed by atoms with Gasteiger partial charge in [0.25, 0.3) is 11.8 Å². The maximum atomic E-state index is 11.9. The predicted molar refractivity (Wildman–Crippen MR) is 185 cm³/mol. The Kier molecular flexibility index (Phi) is 10.7. The number of rotatable bonds is 11. The van der Waals surface area contributed by atoms with E-state index in [1.54, 1.807) is 6.20 Å². The van der Waals surface area contributed by atoms with Crippen molar-refractivity contribution in [1.29, 1.82) is 0 Å². The number of primary amides is 2. The second-order valence-corrected chi connectivity index (χ2v) is 12.8. The van der Waals surface area contributed by atoms with E-state index in [-0.39, 0.29) is 6.04 Å². The number of hydrogen-bond acceptors (Lipinski definition) is 12. The molecule has 0 bridgehead atoms. The van der Waals surface area contributed by atoms with Crippen LogP contribution in [0.4, 0.5) is 0 Å². The van der Waals surface area contributed by atoms with Crippen LogP contribution in [0, 0.1) is 0 Å². The molecule has 3 aliphatic rings. The third kappa shape index (κ3) is 7.16. The van der Waals surface area contributed by atoms with Crippen molar-refractivity contribution >= 4 is 11.8 Å². The number of nitrogens with one attached hydrogen (secondary N) is 1. The zero-order valence-corrected chi connectivity index (χ0v) is 29.2. The summed E-state index contributed by atoms with van der Waals surface area (Å²) < 4.78 is 14.7. The average Bonchev–Trinajstić information content (AvgIpc) is 3.69. The first-order valence-electron chi connectivity index (χ1n) is 17.3. The molecule has 266 valence electrons. The van der Waals surface area contributed by atoms with E-state index >= 15 is 0 Å². The molecule has 4 aromatic heterocycles. The lowest BCUT2D eigenvalue weighted by Crippen LogP contribution is -2.30. The number of hydrogen-bond donors (Lipinski definition) is 3. The number of carbonyl (C=O) groups excluding carboxylic acids is 2. The normalized spacial score (nSPS) is 14.9. The molecule has 16 heteroatoms. The fourth-order valence-electron chi connectivity index (χ4n) is 6.84. The van der Waals surface area contributed by atoms with E-state index in [1.807, 2.05) is 43.5 Å². The quantitative estimate of drug-likeness (QED) is 0.206. The average molecular weight is 687 g/mol. The summed E-state index contributed by atoms with van der Waals surface area (Å²) in [5.41, 5.74) is 19.1. The highest BCUT2D eigenvalue weighted by Gasteiger charge is 2.32. The summed E-state index contributed by atoms with van der Waals surface area (Å²) >= 11 is 0. The molecular weight excluding hydrogens is 640 g/mol. The first-order chi connectivity index (χ1) is 24.2. The van der Waals surface area contributed by atoms with Gasteiger partial charge in [-0.25, -0.2) is 9.97 Å². The van der Waals surface area contributed by atoms with E-state index < -0.39 is 11.8 Å². The van der Waals surface area contributed by atoms with Gasteiger partial charge in [-0.2, -0.15) is 20.2 Å². The molecule has 0 spiro atoms. The van der Waals surface area contributed by atoms with Gasteiger partial charge >= 0.3 is 12.0 Å². The smallest absolute Gasteiger partial charge is 0.316 e. The van der Waals surface area contributed by atoms with Gasteiger partial charge in [0, 0.05) is 30.1 Å². The number of nitrogens with two attached hydrogens (primary N) is 2. The second kappa shape index (κ2) is 15.3. The first-order valence-corrected chi connectivity index (χ1v) is 17.3. The molecule has 50 heavy (non-hydrogen) atoms. The minimum Gasteiger partial charge on any atom is -0.464 e. The largest absolute Gasteiger partial charge is 0.464 e. The molecule has 1 saturated heterocycles. The van der Waals surface area contributed by atoms with Gasteiger partial charge in [0.2, 0.25) is 0 Å². The number of aromatic nitrogens is 8. The van der Waals surface area contributed by atoms with Gasteiger partial charge in [0.05, 0.1) is 42.0 Å². The van der Waals surface area contributed by atoms with E-state index in [0.29, 0.717) is 49.6 Å². The number of ether oxygens (including phenoxy) is 2. The summed E-state index contributed by atoms with van der Waals surface area (Å²) in [4.78, 5) is 43.6. The molecule has 1 fully saturated rings. The maximum Gasteiger partial charge on any atom is 0.316 e. The SMILES string of the molecule is CCOc1ncc2c(n1)-c1c(c(C(N)=O)nn1C1CCNCC1)CC2.CCOc1ncc2c(n1)-c1c(c(C(N)=O)nn1CCCN(C)C)CC2. The third-order valence-electron chi connectivity index (χ3n) is 9.12. The van der Waals surface area contributed by atoms with Crippen molar-refractivity contribution in [2.45, 2.75) is 71.4 Å². The van der Waals surface area contributed by atoms with Crippen LogP contribution in [-0.2, 0) is 32.2 Å². The summed E-state index contributed by atoms with van der Waals surface area (Å²) in [7, 11) is 4.06. The molecule has 0 radical (unpaired) electrons. The van der Waals surface area contributed by atoms with E-state index in [2.05, 4.69) is 40.3 Å². The summed E-state index contributed by atoms with van der Waals surface area (Å²) in [6.07, 6.45) is 9.44. The molecule has 2 aliphatic carbocycles. The van der Waals surface area contributed by atoms with Gasteiger partial charge in [-0.1, -0.05) is 0 Å². The molecular formula is C34H46N12O4. The molecule has 4 aromatic rings. The zero-order chi connectivity index (χ0) is 35.4. The monoisotopic (exact) mass is 686 g/mol. The van der Waals surface area contributed by atoms with Gasteiger partial charge in [-0.3, -0.25) is 19.0 Å².